The van der Waals surface area contributed by atoms with Gasteiger partial charge in [0.1, 0.15) is 23.9 Å². The standard InChI is InChI=1S/C30H30O9S2/c1-20-17-23(13-16-26(20)37-19-21-9-7-6-8-10-21)28-27(35-2)18-25(29(36-3)30(28)39-41(5,33)34)22-11-14-24(15-12-22)38-40(4,31)32/h6-18H,19H2,1-5H3. The summed E-state index contributed by atoms with van der Waals surface area (Å²) in [6.45, 7) is 2.28. The monoisotopic (exact) mass is 598 g/mol. The highest BCUT2D eigenvalue weighted by Crippen LogP contribution is 2.51. The molecular formula is C30H30O9S2. The van der Waals surface area contributed by atoms with Gasteiger partial charge in [0.05, 0.1) is 32.3 Å². The van der Waals surface area contributed by atoms with Crippen molar-refractivity contribution in [3.05, 3.63) is 90.0 Å². The van der Waals surface area contributed by atoms with E-state index < -0.39 is 20.2 Å². The molecule has 11 heteroatoms. The molecule has 0 N–H and O–H groups in total. The Kier molecular flexibility index (Phi) is 8.79. The third-order valence-electron chi connectivity index (χ3n) is 5.97. The van der Waals surface area contributed by atoms with E-state index >= 15 is 0 Å². The molecule has 0 amide bonds. The molecule has 0 radical (unpaired) electrons. The summed E-state index contributed by atoms with van der Waals surface area (Å²) in [6, 6.07) is 23.1. The lowest BCUT2D eigenvalue weighted by Crippen LogP contribution is -2.09. The van der Waals surface area contributed by atoms with Crippen LogP contribution in [0.5, 0.6) is 28.7 Å². The number of benzene rings is 4. The van der Waals surface area contributed by atoms with Crippen LogP contribution < -0.4 is 22.6 Å². The number of rotatable bonds is 11. The summed E-state index contributed by atoms with van der Waals surface area (Å²) in [5.74, 6) is 1.20. The molecule has 0 aliphatic rings. The van der Waals surface area contributed by atoms with E-state index in [2.05, 4.69) is 0 Å². The van der Waals surface area contributed by atoms with Crippen molar-refractivity contribution in [1.29, 1.82) is 0 Å². The fourth-order valence-corrected chi connectivity index (χ4v) is 5.19. The number of ether oxygens (including phenoxy) is 3. The van der Waals surface area contributed by atoms with Crippen LogP contribution in [0.25, 0.3) is 22.3 Å². The number of hydrogen-bond acceptors (Lipinski definition) is 9. The molecule has 0 bridgehead atoms. The first kappa shape index (κ1) is 29.8. The van der Waals surface area contributed by atoms with Crippen LogP contribution in [0.2, 0.25) is 0 Å². The summed E-state index contributed by atoms with van der Waals surface area (Å²) in [6.07, 6.45) is 1.89. The smallest absolute Gasteiger partial charge is 0.306 e. The van der Waals surface area contributed by atoms with Gasteiger partial charge in [-0.05, 0) is 59.5 Å². The van der Waals surface area contributed by atoms with E-state index in [0.29, 0.717) is 40.4 Å². The van der Waals surface area contributed by atoms with E-state index in [1.54, 1.807) is 30.3 Å². The zero-order chi connectivity index (χ0) is 29.8. The van der Waals surface area contributed by atoms with E-state index in [-0.39, 0.29) is 17.2 Å². The molecule has 9 nitrogen and oxygen atoms in total. The van der Waals surface area contributed by atoms with Gasteiger partial charge in [0, 0.05) is 5.56 Å². The molecule has 0 spiro atoms. The van der Waals surface area contributed by atoms with Crippen molar-refractivity contribution >= 4 is 20.2 Å². The molecule has 0 heterocycles. The summed E-state index contributed by atoms with van der Waals surface area (Å²) < 4.78 is 75.7. The summed E-state index contributed by atoms with van der Waals surface area (Å²) in [7, 11) is -4.84. The van der Waals surface area contributed by atoms with Crippen molar-refractivity contribution in [3.63, 3.8) is 0 Å². The van der Waals surface area contributed by atoms with Crippen LogP contribution in [0.1, 0.15) is 11.1 Å². The van der Waals surface area contributed by atoms with Crippen LogP contribution in [0.15, 0.2) is 78.9 Å². The second-order valence-corrected chi connectivity index (χ2v) is 12.4. The third kappa shape index (κ3) is 7.50. The maximum Gasteiger partial charge on any atom is 0.306 e. The quantitative estimate of drug-likeness (QED) is 0.204. The molecule has 216 valence electrons. The molecule has 0 atom stereocenters. The van der Waals surface area contributed by atoms with Crippen molar-refractivity contribution in [3.8, 4) is 51.0 Å². The molecule has 0 aliphatic heterocycles. The van der Waals surface area contributed by atoms with Crippen LogP contribution in [0, 0.1) is 6.92 Å². The minimum absolute atomic E-state index is 0.0573. The third-order valence-corrected chi connectivity index (χ3v) is 6.94. The molecule has 4 aromatic rings. The zero-order valence-electron chi connectivity index (χ0n) is 23.2. The molecular weight excluding hydrogens is 568 g/mol. The molecule has 4 aromatic carbocycles. The average Bonchev–Trinajstić information content (AvgIpc) is 2.91. The van der Waals surface area contributed by atoms with Crippen molar-refractivity contribution in [2.75, 3.05) is 26.7 Å². The predicted molar refractivity (Wildman–Crippen MR) is 157 cm³/mol. The lowest BCUT2D eigenvalue weighted by atomic mass is 9.95. The van der Waals surface area contributed by atoms with Gasteiger partial charge < -0.3 is 22.6 Å². The Bertz CT molecular complexity index is 1750. The maximum absolute atomic E-state index is 12.4. The van der Waals surface area contributed by atoms with Crippen molar-refractivity contribution in [1.82, 2.24) is 0 Å². The van der Waals surface area contributed by atoms with Crippen LogP contribution in [-0.4, -0.2) is 43.6 Å². The molecule has 0 aromatic heterocycles. The van der Waals surface area contributed by atoms with Gasteiger partial charge in [-0.2, -0.15) is 16.8 Å². The van der Waals surface area contributed by atoms with E-state index in [1.165, 1.54) is 26.4 Å². The Morgan fingerprint density at radius 1 is 0.659 bits per heavy atom. The SMILES string of the molecule is COc1cc(-c2ccc(OS(C)(=O)=O)cc2)c(OC)c(OS(C)(=O)=O)c1-c1ccc(OCc2ccccc2)c(C)c1. The molecule has 41 heavy (non-hydrogen) atoms. The second kappa shape index (κ2) is 12.1. The summed E-state index contributed by atoms with van der Waals surface area (Å²) in [4.78, 5) is 0. The van der Waals surface area contributed by atoms with Gasteiger partial charge in [0.25, 0.3) is 0 Å². The zero-order valence-corrected chi connectivity index (χ0v) is 24.8. The Hall–Kier alpha value is -4.22. The van der Waals surface area contributed by atoms with Gasteiger partial charge in [0.2, 0.25) is 0 Å². The minimum Gasteiger partial charge on any atom is -0.496 e. The maximum atomic E-state index is 12.4. The fraction of sp³-hybridized carbons (Fsp3) is 0.200. The van der Waals surface area contributed by atoms with Gasteiger partial charge in [-0.1, -0.05) is 48.5 Å². The second-order valence-electron chi connectivity index (χ2n) is 9.22. The minimum atomic E-state index is -4.00. The molecule has 0 saturated carbocycles. The number of hydrogen-bond donors (Lipinski definition) is 0. The Balaban J connectivity index is 1.82. The van der Waals surface area contributed by atoms with Gasteiger partial charge in [-0.25, -0.2) is 0 Å². The van der Waals surface area contributed by atoms with Crippen LogP contribution in [-0.2, 0) is 26.8 Å². The summed E-state index contributed by atoms with van der Waals surface area (Å²) in [5, 5.41) is 0. The first-order valence-corrected chi connectivity index (χ1v) is 16.0. The first-order valence-electron chi connectivity index (χ1n) is 12.3. The molecule has 0 unspecified atom stereocenters. The van der Waals surface area contributed by atoms with Gasteiger partial charge >= 0.3 is 20.2 Å². The van der Waals surface area contributed by atoms with Gasteiger partial charge in [-0.3, -0.25) is 0 Å². The Morgan fingerprint density at radius 2 is 1.29 bits per heavy atom. The normalized spacial score (nSPS) is 11.5. The molecule has 4 rings (SSSR count). The lowest BCUT2D eigenvalue weighted by molar-refractivity contribution is 0.304. The predicted octanol–water partition coefficient (Wildman–Crippen LogP) is 5.60. The first-order chi connectivity index (χ1) is 19.4. The molecule has 0 saturated heterocycles. The van der Waals surface area contributed by atoms with Crippen molar-refractivity contribution in [2.45, 2.75) is 13.5 Å². The Morgan fingerprint density at radius 3 is 1.85 bits per heavy atom. The number of aryl methyl sites for hydroxylation is 1. The van der Waals surface area contributed by atoms with E-state index in [1.807, 2.05) is 43.3 Å². The highest BCUT2D eigenvalue weighted by atomic mass is 32.2. The highest BCUT2D eigenvalue weighted by molar-refractivity contribution is 7.86. The van der Waals surface area contributed by atoms with E-state index in [4.69, 9.17) is 22.6 Å². The van der Waals surface area contributed by atoms with Crippen LogP contribution in [0.4, 0.5) is 0 Å². The number of methoxy groups -OCH3 is 2. The van der Waals surface area contributed by atoms with E-state index in [0.717, 1.165) is 23.6 Å². The van der Waals surface area contributed by atoms with Crippen LogP contribution in [0.3, 0.4) is 0 Å². The fourth-order valence-electron chi connectivity index (χ4n) is 4.27. The van der Waals surface area contributed by atoms with E-state index in [9.17, 15) is 16.8 Å². The summed E-state index contributed by atoms with van der Waals surface area (Å²) in [5.41, 5.74) is 3.86. The van der Waals surface area contributed by atoms with Gasteiger partial charge in [0.15, 0.2) is 11.5 Å². The average molecular weight is 599 g/mol. The van der Waals surface area contributed by atoms with Crippen molar-refractivity contribution in [2.24, 2.45) is 0 Å². The topological polar surface area (TPSA) is 114 Å². The lowest BCUT2D eigenvalue weighted by Gasteiger charge is -2.21. The largest absolute Gasteiger partial charge is 0.496 e. The highest BCUT2D eigenvalue weighted by Gasteiger charge is 2.26. The molecule has 0 fully saturated rings. The molecule has 0 aliphatic carbocycles. The van der Waals surface area contributed by atoms with Gasteiger partial charge in [-0.15, -0.1) is 0 Å². The van der Waals surface area contributed by atoms with Crippen molar-refractivity contribution < 1.29 is 39.4 Å². The summed E-state index contributed by atoms with van der Waals surface area (Å²) >= 11 is 0. The Labute approximate surface area is 240 Å². The van der Waals surface area contributed by atoms with Crippen LogP contribution >= 0.6 is 0 Å².